The second-order valence-electron chi connectivity index (χ2n) is 3.32. The number of halogens is 1. The van der Waals surface area contributed by atoms with Crippen LogP contribution in [-0.4, -0.2) is 31.8 Å². The molecule has 0 aliphatic heterocycles. The third kappa shape index (κ3) is 1.96. The molecular weight excluding hydrogens is 228 g/mol. The van der Waals surface area contributed by atoms with Crippen LogP contribution in [0.2, 0.25) is 5.28 Å². The van der Waals surface area contributed by atoms with Gasteiger partial charge in [0.15, 0.2) is 0 Å². The van der Waals surface area contributed by atoms with Crippen molar-refractivity contribution in [1.29, 1.82) is 0 Å². The molecule has 0 unspecified atom stereocenters. The maximum Gasteiger partial charge on any atom is 0.256 e. The van der Waals surface area contributed by atoms with E-state index >= 15 is 0 Å². The number of hydrogen-bond donors (Lipinski definition) is 1. The molecule has 0 saturated heterocycles. The second-order valence-corrected chi connectivity index (χ2v) is 3.66. The first-order valence-corrected chi connectivity index (χ1v) is 5.11. The fourth-order valence-corrected chi connectivity index (χ4v) is 1.53. The number of nitrogens with one attached hydrogen (secondary N) is 1. The Kier molecular flexibility index (Phi) is 2.74. The maximum atomic E-state index is 5.79. The predicted octanol–water partition coefficient (Wildman–Crippen LogP) is 1.37. The van der Waals surface area contributed by atoms with Gasteiger partial charge in [0.1, 0.15) is 0 Å². The van der Waals surface area contributed by atoms with Crippen LogP contribution in [0.25, 0.3) is 5.95 Å². The summed E-state index contributed by atoms with van der Waals surface area (Å²) in [5, 5.41) is 7.23. The van der Waals surface area contributed by atoms with Crippen molar-refractivity contribution < 1.29 is 0 Å². The molecule has 7 heteroatoms. The lowest BCUT2D eigenvalue weighted by molar-refractivity contribution is 0.766. The summed E-state index contributed by atoms with van der Waals surface area (Å²) in [5.41, 5.74) is 1.85. The topological polar surface area (TPSA) is 68.5 Å². The molecule has 2 aromatic heterocycles. The van der Waals surface area contributed by atoms with Crippen molar-refractivity contribution in [2.45, 2.75) is 13.8 Å². The summed E-state index contributed by atoms with van der Waals surface area (Å²) in [5.74, 6) is 0.831. The van der Waals surface area contributed by atoms with Crippen molar-refractivity contribution in [3.05, 3.63) is 22.7 Å². The zero-order chi connectivity index (χ0) is 11.7. The molecule has 1 N–H and O–H groups in total. The number of rotatable bonds is 2. The summed E-state index contributed by atoms with van der Waals surface area (Å²) in [7, 11) is 1.72. The largest absolute Gasteiger partial charge is 0.357 e. The Morgan fingerprint density at radius 2 is 2.00 bits per heavy atom. The molecule has 0 aliphatic carbocycles. The van der Waals surface area contributed by atoms with E-state index in [9.17, 15) is 0 Å². The van der Waals surface area contributed by atoms with E-state index in [1.165, 1.54) is 0 Å². The third-order valence-electron chi connectivity index (χ3n) is 2.02. The summed E-state index contributed by atoms with van der Waals surface area (Å²) in [6.07, 6.45) is 0. The van der Waals surface area contributed by atoms with Crippen LogP contribution in [0.1, 0.15) is 11.4 Å². The Hall–Kier alpha value is -1.69. The van der Waals surface area contributed by atoms with Crippen LogP contribution in [0.3, 0.4) is 0 Å². The van der Waals surface area contributed by atoms with E-state index in [-0.39, 0.29) is 5.28 Å². The van der Waals surface area contributed by atoms with Gasteiger partial charge in [-0.1, -0.05) is 0 Å². The minimum atomic E-state index is 0.141. The van der Waals surface area contributed by atoms with Crippen LogP contribution in [-0.2, 0) is 0 Å². The molecule has 6 nitrogen and oxygen atoms in total. The Morgan fingerprint density at radius 1 is 1.25 bits per heavy atom. The van der Waals surface area contributed by atoms with Crippen molar-refractivity contribution in [3.63, 3.8) is 0 Å². The first-order chi connectivity index (χ1) is 7.60. The molecule has 0 amide bonds. The molecule has 2 heterocycles. The standard InChI is InChI=1S/C9H11ClN6/c1-5-4-6(2)16(15-5)9-13-7(10)12-8(11-3)14-9/h4H,1-3H3,(H,11,12,13,14). The van der Waals surface area contributed by atoms with Gasteiger partial charge in [-0.2, -0.15) is 20.1 Å². The van der Waals surface area contributed by atoms with Crippen molar-refractivity contribution in [1.82, 2.24) is 24.7 Å². The monoisotopic (exact) mass is 238 g/mol. The Labute approximate surface area is 97.7 Å². The number of hydrogen-bond acceptors (Lipinski definition) is 5. The quantitative estimate of drug-likeness (QED) is 0.856. The van der Waals surface area contributed by atoms with E-state index < -0.39 is 0 Å². The summed E-state index contributed by atoms with van der Waals surface area (Å²) < 4.78 is 1.63. The third-order valence-corrected chi connectivity index (χ3v) is 2.19. The van der Waals surface area contributed by atoms with E-state index in [2.05, 4.69) is 25.4 Å². The van der Waals surface area contributed by atoms with E-state index in [1.54, 1.807) is 11.7 Å². The molecule has 2 aromatic rings. The molecule has 0 fully saturated rings. The van der Waals surface area contributed by atoms with Crippen LogP contribution in [0, 0.1) is 13.8 Å². The average Bonchev–Trinajstić information content (AvgIpc) is 2.57. The normalized spacial score (nSPS) is 10.5. The van der Waals surface area contributed by atoms with Crippen molar-refractivity contribution >= 4 is 17.5 Å². The SMILES string of the molecule is CNc1nc(Cl)nc(-n2nc(C)cc2C)n1. The molecule has 0 spiro atoms. The van der Waals surface area contributed by atoms with E-state index in [4.69, 9.17) is 11.6 Å². The summed E-state index contributed by atoms with van der Waals surface area (Å²) in [4.78, 5) is 12.1. The van der Waals surface area contributed by atoms with Gasteiger partial charge in [-0.3, -0.25) is 0 Å². The Bertz CT molecular complexity index is 521. The van der Waals surface area contributed by atoms with Crippen LogP contribution < -0.4 is 5.32 Å². The van der Waals surface area contributed by atoms with Gasteiger partial charge in [0, 0.05) is 12.7 Å². The lowest BCUT2D eigenvalue weighted by Gasteiger charge is -2.04. The van der Waals surface area contributed by atoms with Crippen molar-refractivity contribution in [3.8, 4) is 5.95 Å². The summed E-state index contributed by atoms with van der Waals surface area (Å²) >= 11 is 5.79. The number of nitrogens with zero attached hydrogens (tertiary/aromatic N) is 5. The second kappa shape index (κ2) is 4.05. The highest BCUT2D eigenvalue weighted by Crippen LogP contribution is 2.11. The highest BCUT2D eigenvalue weighted by atomic mass is 35.5. The molecule has 16 heavy (non-hydrogen) atoms. The van der Waals surface area contributed by atoms with Crippen LogP contribution in [0.15, 0.2) is 6.07 Å². The van der Waals surface area contributed by atoms with Gasteiger partial charge in [-0.25, -0.2) is 4.68 Å². The lowest BCUT2D eigenvalue weighted by Crippen LogP contribution is -2.08. The molecule has 0 bridgehead atoms. The molecule has 0 atom stereocenters. The van der Waals surface area contributed by atoms with Gasteiger partial charge in [0.05, 0.1) is 5.69 Å². The van der Waals surface area contributed by atoms with Gasteiger partial charge >= 0.3 is 0 Å². The molecule has 0 radical (unpaired) electrons. The summed E-state index contributed by atoms with van der Waals surface area (Å²) in [6, 6.07) is 1.94. The lowest BCUT2D eigenvalue weighted by atomic mass is 10.4. The Balaban J connectivity index is 2.55. The van der Waals surface area contributed by atoms with Crippen molar-refractivity contribution in [2.24, 2.45) is 0 Å². The zero-order valence-corrected chi connectivity index (χ0v) is 9.95. The van der Waals surface area contributed by atoms with Gasteiger partial charge in [0.2, 0.25) is 11.2 Å². The van der Waals surface area contributed by atoms with Crippen LogP contribution in [0.4, 0.5) is 5.95 Å². The Morgan fingerprint density at radius 3 is 2.56 bits per heavy atom. The van der Waals surface area contributed by atoms with Gasteiger partial charge in [-0.15, -0.1) is 0 Å². The molecule has 0 aromatic carbocycles. The van der Waals surface area contributed by atoms with Crippen molar-refractivity contribution in [2.75, 3.05) is 12.4 Å². The average molecular weight is 239 g/mol. The first-order valence-electron chi connectivity index (χ1n) is 4.73. The van der Waals surface area contributed by atoms with Crippen LogP contribution >= 0.6 is 11.6 Å². The molecule has 84 valence electrons. The minimum absolute atomic E-state index is 0.141. The predicted molar refractivity (Wildman–Crippen MR) is 61.0 cm³/mol. The van der Waals surface area contributed by atoms with Gasteiger partial charge in [-0.05, 0) is 31.5 Å². The number of anilines is 1. The fourth-order valence-electron chi connectivity index (χ4n) is 1.38. The first kappa shape index (κ1) is 10.8. The molecule has 2 rings (SSSR count). The maximum absolute atomic E-state index is 5.79. The highest BCUT2D eigenvalue weighted by molar-refractivity contribution is 6.28. The van der Waals surface area contributed by atoms with E-state index in [0.717, 1.165) is 11.4 Å². The fraction of sp³-hybridized carbons (Fsp3) is 0.333. The highest BCUT2D eigenvalue weighted by Gasteiger charge is 2.09. The van der Waals surface area contributed by atoms with Gasteiger partial charge in [0.25, 0.3) is 5.95 Å². The zero-order valence-electron chi connectivity index (χ0n) is 9.19. The summed E-state index contributed by atoms with van der Waals surface area (Å²) in [6.45, 7) is 3.84. The van der Waals surface area contributed by atoms with E-state index in [1.807, 2.05) is 19.9 Å². The molecular formula is C9H11ClN6. The minimum Gasteiger partial charge on any atom is -0.357 e. The number of aromatic nitrogens is 5. The molecule has 0 aliphatic rings. The van der Waals surface area contributed by atoms with E-state index in [0.29, 0.717) is 11.9 Å². The van der Waals surface area contributed by atoms with Gasteiger partial charge < -0.3 is 5.32 Å². The van der Waals surface area contributed by atoms with Crippen LogP contribution in [0.5, 0.6) is 0 Å². The molecule has 0 saturated carbocycles. The smallest absolute Gasteiger partial charge is 0.256 e. The number of aryl methyl sites for hydroxylation is 2.